The molecule has 0 saturated carbocycles. The molecule has 2 aliphatic rings. The molecule has 0 radical (unpaired) electrons. The molecule has 0 atom stereocenters. The number of aromatic nitrogens is 1. The van der Waals surface area contributed by atoms with Crippen molar-refractivity contribution in [2.45, 2.75) is 10.8 Å². The average Bonchev–Trinajstić information content (AvgIpc) is 3.81. The number of para-hydroxylation sites is 2. The summed E-state index contributed by atoms with van der Waals surface area (Å²) in [5, 5.41) is 1.49. The van der Waals surface area contributed by atoms with Gasteiger partial charge >= 0.3 is 0 Å². The van der Waals surface area contributed by atoms with E-state index in [0.717, 1.165) is 50.0 Å². The summed E-state index contributed by atoms with van der Waals surface area (Å²) in [6, 6.07) is 74.4. The first-order valence-corrected chi connectivity index (χ1v) is 19.9. The Labute approximate surface area is 335 Å². The van der Waals surface area contributed by atoms with Crippen LogP contribution in [0.4, 0.5) is 0 Å². The van der Waals surface area contributed by atoms with E-state index in [0.29, 0.717) is 11.0 Å². The number of furan rings is 1. The van der Waals surface area contributed by atoms with E-state index < -0.39 is 10.8 Å². The molecule has 58 heavy (non-hydrogen) atoms. The Morgan fingerprint density at radius 1 is 0.379 bits per heavy atom. The third kappa shape index (κ3) is 4.20. The van der Waals surface area contributed by atoms with Crippen LogP contribution in [-0.4, -0.2) is 4.57 Å². The van der Waals surface area contributed by atoms with E-state index in [9.17, 15) is 4.79 Å². The highest BCUT2D eigenvalue weighted by atomic mass is 16.3. The second kappa shape index (κ2) is 12.3. The standard InChI is InChI=1S/C55H35NO2/c57-53-43-32-33-58-52(43)42-24-15-26-47-51(42)56(53)50-27-14-13-25-46(50)55(47)48-34-38(36-16-5-1-6-17-36)28-30-44(48)54(40-20-9-3-10-21-40,41-22-11-4-12-23-41)45-31-29-39(35-49(45)55)37-18-7-2-8-19-37/h1-35H. The summed E-state index contributed by atoms with van der Waals surface area (Å²) in [4.78, 5) is 14.8. The van der Waals surface area contributed by atoms with E-state index in [1.54, 1.807) is 12.3 Å². The van der Waals surface area contributed by atoms with Gasteiger partial charge in [0.25, 0.3) is 5.56 Å². The lowest BCUT2D eigenvalue weighted by molar-refractivity contribution is 0.607. The zero-order valence-corrected chi connectivity index (χ0v) is 31.5. The minimum atomic E-state index is -0.865. The second-order valence-electron chi connectivity index (χ2n) is 15.5. The van der Waals surface area contributed by atoms with E-state index in [1.165, 1.54) is 33.4 Å². The molecule has 8 aromatic carbocycles. The molecule has 1 spiro atoms. The summed E-state index contributed by atoms with van der Waals surface area (Å²) in [5.41, 5.74) is 14.5. The van der Waals surface area contributed by atoms with Gasteiger partial charge in [-0.2, -0.15) is 0 Å². The van der Waals surface area contributed by atoms with Gasteiger partial charge < -0.3 is 4.42 Å². The van der Waals surface area contributed by atoms with E-state index in [4.69, 9.17) is 4.42 Å². The molecule has 3 heterocycles. The van der Waals surface area contributed by atoms with Crippen LogP contribution in [0.3, 0.4) is 0 Å². The fourth-order valence-electron chi connectivity index (χ4n) is 10.6. The fraction of sp³-hybridized carbons (Fsp3) is 0.0364. The Morgan fingerprint density at radius 3 is 1.48 bits per heavy atom. The lowest BCUT2D eigenvalue weighted by atomic mass is 9.49. The molecular formula is C55H35NO2. The van der Waals surface area contributed by atoms with Crippen LogP contribution in [0, 0.1) is 0 Å². The van der Waals surface area contributed by atoms with Crippen molar-refractivity contribution >= 4 is 21.9 Å². The van der Waals surface area contributed by atoms with Gasteiger partial charge in [-0.1, -0.05) is 176 Å². The number of benzene rings is 8. The third-order valence-electron chi connectivity index (χ3n) is 12.8. The van der Waals surface area contributed by atoms with Crippen molar-refractivity contribution in [2.75, 3.05) is 0 Å². The van der Waals surface area contributed by atoms with E-state index in [-0.39, 0.29) is 5.56 Å². The molecule has 1 aliphatic heterocycles. The Kier molecular flexibility index (Phi) is 6.91. The van der Waals surface area contributed by atoms with Crippen LogP contribution in [0.2, 0.25) is 0 Å². The van der Waals surface area contributed by atoms with Gasteiger partial charge in [0, 0.05) is 5.39 Å². The van der Waals surface area contributed by atoms with E-state index >= 15 is 0 Å². The second-order valence-corrected chi connectivity index (χ2v) is 15.5. The number of hydrogen-bond donors (Lipinski definition) is 0. The number of fused-ring (bicyclic) bond motifs is 10. The van der Waals surface area contributed by atoms with Crippen molar-refractivity contribution in [2.24, 2.45) is 0 Å². The zero-order chi connectivity index (χ0) is 38.4. The zero-order valence-electron chi connectivity index (χ0n) is 31.5. The molecule has 0 N–H and O–H groups in total. The summed E-state index contributed by atoms with van der Waals surface area (Å²) >= 11 is 0. The van der Waals surface area contributed by atoms with Crippen molar-refractivity contribution < 1.29 is 4.42 Å². The lowest BCUT2D eigenvalue weighted by Gasteiger charge is -2.52. The minimum Gasteiger partial charge on any atom is -0.463 e. The number of nitrogens with zero attached hydrogens (tertiary/aromatic N) is 1. The van der Waals surface area contributed by atoms with Gasteiger partial charge in [0.05, 0.1) is 33.7 Å². The van der Waals surface area contributed by atoms with Gasteiger partial charge in [0.1, 0.15) is 5.58 Å². The molecule has 0 unspecified atom stereocenters. The molecule has 0 fully saturated rings. The van der Waals surface area contributed by atoms with Gasteiger partial charge in [-0.25, -0.2) is 0 Å². The summed E-state index contributed by atoms with van der Waals surface area (Å²) in [6.45, 7) is 0. The van der Waals surface area contributed by atoms with Crippen LogP contribution in [-0.2, 0) is 10.8 Å². The van der Waals surface area contributed by atoms with Crippen LogP contribution in [0.25, 0.3) is 49.8 Å². The van der Waals surface area contributed by atoms with Gasteiger partial charge in [0.2, 0.25) is 0 Å². The van der Waals surface area contributed by atoms with Crippen LogP contribution in [0.1, 0.15) is 44.5 Å². The highest BCUT2D eigenvalue weighted by Gasteiger charge is 2.56. The first-order valence-electron chi connectivity index (χ1n) is 19.9. The largest absolute Gasteiger partial charge is 0.463 e. The van der Waals surface area contributed by atoms with Crippen LogP contribution in [0.5, 0.6) is 0 Å². The SMILES string of the molecule is O=c1c2ccoc2c2cccc3c2n1-c1ccccc1C31c2cc(-c3ccccc3)ccc2C(c2ccccc2)(c2ccccc2)c2ccc(-c3ccccc3)cc21. The first-order chi connectivity index (χ1) is 28.7. The Balaban J connectivity index is 1.36. The number of pyridine rings is 1. The summed E-state index contributed by atoms with van der Waals surface area (Å²) in [5.74, 6) is 0. The van der Waals surface area contributed by atoms with E-state index in [2.05, 4.69) is 200 Å². The monoisotopic (exact) mass is 741 g/mol. The normalized spacial score (nSPS) is 14.2. The van der Waals surface area contributed by atoms with Crippen LogP contribution >= 0.6 is 0 Å². The predicted octanol–water partition coefficient (Wildman–Crippen LogP) is 12.5. The summed E-state index contributed by atoms with van der Waals surface area (Å²) in [6.07, 6.45) is 1.64. The first kappa shape index (κ1) is 32.7. The van der Waals surface area contributed by atoms with Crippen LogP contribution in [0.15, 0.2) is 222 Å². The Hall–Kier alpha value is -7.49. The number of hydrogen-bond acceptors (Lipinski definition) is 2. The molecule has 2 aromatic heterocycles. The molecule has 0 saturated heterocycles. The topological polar surface area (TPSA) is 35.1 Å². The molecule has 10 aromatic rings. The maximum atomic E-state index is 14.8. The van der Waals surface area contributed by atoms with Crippen molar-refractivity contribution in [1.29, 1.82) is 0 Å². The van der Waals surface area contributed by atoms with Gasteiger partial charge in [-0.15, -0.1) is 0 Å². The highest BCUT2D eigenvalue weighted by Crippen LogP contribution is 2.63. The van der Waals surface area contributed by atoms with Crippen molar-refractivity contribution in [3.63, 3.8) is 0 Å². The third-order valence-corrected chi connectivity index (χ3v) is 12.8. The average molecular weight is 742 g/mol. The highest BCUT2D eigenvalue weighted by molar-refractivity contribution is 6.06. The van der Waals surface area contributed by atoms with Crippen LogP contribution < -0.4 is 5.56 Å². The minimum absolute atomic E-state index is 0.0822. The molecule has 12 rings (SSSR count). The maximum Gasteiger partial charge on any atom is 0.266 e. The predicted molar refractivity (Wildman–Crippen MR) is 234 cm³/mol. The molecule has 1 aliphatic carbocycles. The quantitative estimate of drug-likeness (QED) is 0.180. The molecule has 3 nitrogen and oxygen atoms in total. The van der Waals surface area contributed by atoms with Gasteiger partial charge in [0.15, 0.2) is 0 Å². The Bertz CT molecular complexity index is 3160. The molecular weight excluding hydrogens is 707 g/mol. The molecule has 3 heteroatoms. The summed E-state index contributed by atoms with van der Waals surface area (Å²) < 4.78 is 8.13. The molecule has 0 bridgehead atoms. The van der Waals surface area contributed by atoms with Crippen molar-refractivity contribution in [3.05, 3.63) is 267 Å². The van der Waals surface area contributed by atoms with Crippen molar-refractivity contribution in [3.8, 4) is 27.9 Å². The van der Waals surface area contributed by atoms with Crippen molar-refractivity contribution in [1.82, 2.24) is 4.57 Å². The maximum absolute atomic E-state index is 14.8. The molecule has 0 amide bonds. The summed E-state index contributed by atoms with van der Waals surface area (Å²) in [7, 11) is 0. The lowest BCUT2D eigenvalue weighted by Crippen LogP contribution is -2.47. The van der Waals surface area contributed by atoms with Gasteiger partial charge in [-0.05, 0) is 97.1 Å². The number of rotatable bonds is 4. The smallest absolute Gasteiger partial charge is 0.266 e. The fourth-order valence-corrected chi connectivity index (χ4v) is 10.6. The molecule has 272 valence electrons. The Morgan fingerprint density at radius 2 is 0.897 bits per heavy atom. The van der Waals surface area contributed by atoms with Gasteiger partial charge in [-0.3, -0.25) is 9.36 Å². The van der Waals surface area contributed by atoms with E-state index in [1.807, 2.05) is 4.57 Å².